The third-order valence-corrected chi connectivity index (χ3v) is 2.72. The van der Waals surface area contributed by atoms with Crippen LogP contribution in [0.3, 0.4) is 0 Å². The molecule has 0 heterocycles. The van der Waals surface area contributed by atoms with E-state index in [0.29, 0.717) is 5.56 Å². The molecular weight excluding hydrogens is 260 g/mol. The number of hydrogen-bond donors (Lipinski definition) is 1. The third kappa shape index (κ3) is 3.95. The van der Waals surface area contributed by atoms with E-state index < -0.39 is 11.6 Å². The Kier molecular flexibility index (Phi) is 4.56. The summed E-state index contributed by atoms with van der Waals surface area (Å²) in [4.78, 5) is 0. The lowest BCUT2D eigenvalue weighted by Crippen LogP contribution is -2.06. The molecule has 0 unspecified atom stereocenters. The smallest absolute Gasteiger partial charge is 0.128 e. The van der Waals surface area contributed by atoms with E-state index in [-0.39, 0.29) is 12.6 Å². The number of anilines is 1. The fraction of sp³-hybridized carbons (Fsp3) is 0.250. The van der Waals surface area contributed by atoms with Gasteiger partial charge in [0.05, 0.1) is 6.10 Å². The second kappa shape index (κ2) is 6.37. The van der Waals surface area contributed by atoms with Crippen LogP contribution in [-0.4, -0.2) is 6.10 Å². The summed E-state index contributed by atoms with van der Waals surface area (Å²) in [6, 6.07) is 10.8. The summed E-state index contributed by atoms with van der Waals surface area (Å²) < 4.78 is 32.0. The van der Waals surface area contributed by atoms with E-state index in [1.165, 1.54) is 6.07 Å². The van der Waals surface area contributed by atoms with Crippen molar-refractivity contribution in [2.45, 2.75) is 26.5 Å². The van der Waals surface area contributed by atoms with E-state index in [2.05, 4.69) is 5.32 Å². The van der Waals surface area contributed by atoms with Crippen LogP contribution in [0, 0.1) is 11.6 Å². The maximum Gasteiger partial charge on any atom is 0.128 e. The van der Waals surface area contributed by atoms with Gasteiger partial charge < -0.3 is 10.1 Å². The average molecular weight is 277 g/mol. The molecule has 1 N–H and O–H groups in total. The monoisotopic (exact) mass is 277 g/mol. The van der Waals surface area contributed by atoms with Crippen molar-refractivity contribution >= 4 is 5.69 Å². The van der Waals surface area contributed by atoms with E-state index in [9.17, 15) is 8.78 Å². The van der Waals surface area contributed by atoms with Crippen LogP contribution in [0.5, 0.6) is 5.75 Å². The zero-order valence-electron chi connectivity index (χ0n) is 11.5. The first-order valence-corrected chi connectivity index (χ1v) is 6.49. The topological polar surface area (TPSA) is 21.3 Å². The van der Waals surface area contributed by atoms with Crippen LogP contribution in [-0.2, 0) is 6.54 Å². The fourth-order valence-electron chi connectivity index (χ4n) is 1.80. The van der Waals surface area contributed by atoms with E-state index in [4.69, 9.17) is 4.74 Å². The molecule has 2 nitrogen and oxygen atoms in total. The highest BCUT2D eigenvalue weighted by molar-refractivity contribution is 5.46. The Labute approximate surface area is 117 Å². The largest absolute Gasteiger partial charge is 0.491 e. The van der Waals surface area contributed by atoms with Gasteiger partial charge in [-0.2, -0.15) is 0 Å². The van der Waals surface area contributed by atoms with E-state index in [0.717, 1.165) is 23.6 Å². The van der Waals surface area contributed by atoms with Crippen LogP contribution in [0.4, 0.5) is 14.5 Å². The van der Waals surface area contributed by atoms with Gasteiger partial charge in [-0.15, -0.1) is 0 Å². The molecule has 2 aromatic rings. The Morgan fingerprint density at radius 2 is 1.75 bits per heavy atom. The summed E-state index contributed by atoms with van der Waals surface area (Å²) in [5.74, 6) is -0.0787. The molecule has 0 saturated carbocycles. The molecule has 2 rings (SSSR count). The van der Waals surface area contributed by atoms with Crippen molar-refractivity contribution in [2.24, 2.45) is 0 Å². The van der Waals surface area contributed by atoms with Gasteiger partial charge in [-0.1, -0.05) is 0 Å². The molecular formula is C16H17F2NO. The predicted molar refractivity (Wildman–Crippen MR) is 75.9 cm³/mol. The highest BCUT2D eigenvalue weighted by atomic mass is 19.1. The maximum atomic E-state index is 13.5. The van der Waals surface area contributed by atoms with Gasteiger partial charge >= 0.3 is 0 Å². The van der Waals surface area contributed by atoms with Crippen molar-refractivity contribution < 1.29 is 13.5 Å². The lowest BCUT2D eigenvalue weighted by atomic mass is 10.2. The Morgan fingerprint density at radius 3 is 2.40 bits per heavy atom. The van der Waals surface area contributed by atoms with Gasteiger partial charge in [0.25, 0.3) is 0 Å². The van der Waals surface area contributed by atoms with E-state index in [1.54, 1.807) is 0 Å². The fourth-order valence-corrected chi connectivity index (χ4v) is 1.80. The van der Waals surface area contributed by atoms with Gasteiger partial charge in [-0.05, 0) is 56.3 Å². The van der Waals surface area contributed by atoms with Gasteiger partial charge in [0.15, 0.2) is 0 Å². The molecule has 20 heavy (non-hydrogen) atoms. The van der Waals surface area contributed by atoms with E-state index in [1.807, 2.05) is 38.1 Å². The van der Waals surface area contributed by atoms with Gasteiger partial charge in [-0.3, -0.25) is 0 Å². The van der Waals surface area contributed by atoms with Crippen molar-refractivity contribution in [1.82, 2.24) is 0 Å². The van der Waals surface area contributed by atoms with Gasteiger partial charge in [0, 0.05) is 17.8 Å². The molecule has 0 spiro atoms. The number of hydrogen-bond acceptors (Lipinski definition) is 2. The van der Waals surface area contributed by atoms with Crippen molar-refractivity contribution in [1.29, 1.82) is 0 Å². The standard InChI is InChI=1S/C16H17F2NO/c1-11(2)20-15-6-4-14(5-7-15)19-10-12-9-13(17)3-8-16(12)18/h3-9,11,19H,10H2,1-2H3. The molecule has 0 aromatic heterocycles. The highest BCUT2D eigenvalue weighted by Gasteiger charge is 2.04. The quantitative estimate of drug-likeness (QED) is 0.876. The van der Waals surface area contributed by atoms with Crippen molar-refractivity contribution in [3.8, 4) is 5.75 Å². The van der Waals surface area contributed by atoms with Gasteiger partial charge in [0.2, 0.25) is 0 Å². The highest BCUT2D eigenvalue weighted by Crippen LogP contribution is 2.18. The summed E-state index contributed by atoms with van der Waals surface area (Å²) in [5.41, 5.74) is 1.12. The summed E-state index contributed by atoms with van der Waals surface area (Å²) in [6.07, 6.45) is 0.121. The van der Waals surface area contributed by atoms with Crippen molar-refractivity contribution in [3.63, 3.8) is 0 Å². The van der Waals surface area contributed by atoms with Crippen LogP contribution in [0.25, 0.3) is 0 Å². The normalized spacial score (nSPS) is 10.7. The van der Waals surface area contributed by atoms with Crippen LogP contribution in [0.15, 0.2) is 42.5 Å². The number of nitrogens with one attached hydrogen (secondary N) is 1. The summed E-state index contributed by atoms with van der Waals surface area (Å²) in [6.45, 7) is 4.14. The lowest BCUT2D eigenvalue weighted by molar-refractivity contribution is 0.242. The number of benzene rings is 2. The SMILES string of the molecule is CC(C)Oc1ccc(NCc2cc(F)ccc2F)cc1. The first-order valence-electron chi connectivity index (χ1n) is 6.49. The van der Waals surface area contributed by atoms with Crippen LogP contribution in [0.1, 0.15) is 19.4 Å². The first-order chi connectivity index (χ1) is 9.54. The summed E-state index contributed by atoms with van der Waals surface area (Å²) >= 11 is 0. The second-order valence-corrected chi connectivity index (χ2v) is 4.78. The minimum Gasteiger partial charge on any atom is -0.491 e. The predicted octanol–water partition coefficient (Wildman–Crippen LogP) is 4.36. The zero-order valence-corrected chi connectivity index (χ0v) is 11.5. The summed E-state index contributed by atoms with van der Waals surface area (Å²) in [5, 5.41) is 3.05. The Hall–Kier alpha value is -2.10. The van der Waals surface area contributed by atoms with Crippen molar-refractivity contribution in [2.75, 3.05) is 5.32 Å². The average Bonchev–Trinajstić information content (AvgIpc) is 2.41. The molecule has 0 aliphatic carbocycles. The molecule has 0 atom stereocenters. The molecule has 0 amide bonds. The third-order valence-electron chi connectivity index (χ3n) is 2.72. The molecule has 0 radical (unpaired) electrons. The number of ether oxygens (including phenoxy) is 1. The molecule has 0 aliphatic rings. The van der Waals surface area contributed by atoms with Gasteiger partial charge in [0.1, 0.15) is 17.4 Å². The second-order valence-electron chi connectivity index (χ2n) is 4.78. The molecule has 2 aromatic carbocycles. The Balaban J connectivity index is 1.98. The van der Waals surface area contributed by atoms with Crippen LogP contribution < -0.4 is 10.1 Å². The molecule has 0 saturated heterocycles. The Morgan fingerprint density at radius 1 is 1.05 bits per heavy atom. The number of rotatable bonds is 5. The zero-order chi connectivity index (χ0) is 14.5. The molecule has 0 fully saturated rings. The van der Waals surface area contributed by atoms with Gasteiger partial charge in [-0.25, -0.2) is 8.78 Å². The first kappa shape index (κ1) is 14.3. The molecule has 0 aliphatic heterocycles. The number of halogens is 2. The van der Waals surface area contributed by atoms with E-state index >= 15 is 0 Å². The van der Waals surface area contributed by atoms with Crippen LogP contribution in [0.2, 0.25) is 0 Å². The minimum absolute atomic E-state index is 0.121. The molecule has 106 valence electrons. The minimum atomic E-state index is -0.441. The lowest BCUT2D eigenvalue weighted by Gasteiger charge is -2.11. The summed E-state index contributed by atoms with van der Waals surface area (Å²) in [7, 11) is 0. The Bertz CT molecular complexity index is 567. The maximum absolute atomic E-state index is 13.5. The van der Waals surface area contributed by atoms with Crippen LogP contribution >= 0.6 is 0 Å². The van der Waals surface area contributed by atoms with Crippen molar-refractivity contribution in [3.05, 3.63) is 59.7 Å². The molecule has 0 bridgehead atoms. The molecule has 4 heteroatoms.